The summed E-state index contributed by atoms with van der Waals surface area (Å²) in [5.41, 5.74) is 5.91. The van der Waals surface area contributed by atoms with Crippen LogP contribution in [-0.4, -0.2) is 44.4 Å². The van der Waals surface area contributed by atoms with Crippen LogP contribution in [0, 0.1) is 0 Å². The van der Waals surface area contributed by atoms with Gasteiger partial charge in [-0.05, 0) is 68.3 Å². The lowest BCUT2D eigenvalue weighted by atomic mass is 9.97. The molecule has 0 saturated heterocycles. The molecule has 0 aliphatic carbocycles. The highest BCUT2D eigenvalue weighted by atomic mass is 16.5. The van der Waals surface area contributed by atoms with Crippen molar-refractivity contribution >= 4 is 34.6 Å². The molecular formula is C28H37N7O3. The number of para-hydroxylation sites is 1. The zero-order chi connectivity index (χ0) is 27.7. The summed E-state index contributed by atoms with van der Waals surface area (Å²) in [6.07, 6.45) is 2.24. The quantitative estimate of drug-likeness (QED) is 0.0810. The summed E-state index contributed by atoms with van der Waals surface area (Å²) < 4.78 is 5.68. The van der Waals surface area contributed by atoms with Crippen LogP contribution in [0.3, 0.4) is 0 Å². The fourth-order valence-corrected chi connectivity index (χ4v) is 4.44. The average Bonchev–Trinajstić information content (AvgIpc) is 2.95. The van der Waals surface area contributed by atoms with Crippen LogP contribution in [-0.2, 0) is 22.6 Å². The van der Waals surface area contributed by atoms with Gasteiger partial charge in [-0.15, -0.1) is 0 Å². The van der Waals surface area contributed by atoms with Gasteiger partial charge >= 0.3 is 0 Å². The molecule has 3 aromatic rings. The normalized spacial score (nSPS) is 13.0. The molecule has 7 N–H and O–H groups in total. The van der Waals surface area contributed by atoms with Crippen molar-refractivity contribution in [1.82, 2.24) is 16.1 Å². The van der Waals surface area contributed by atoms with Gasteiger partial charge in [-0.25, -0.2) is 5.84 Å². The lowest BCUT2D eigenvalue weighted by Gasteiger charge is -2.24. The van der Waals surface area contributed by atoms with Crippen LogP contribution < -0.4 is 37.4 Å². The first-order valence-electron chi connectivity index (χ1n) is 12.5. The maximum atomic E-state index is 12.4. The Morgan fingerprint density at radius 2 is 1.87 bits per heavy atom. The van der Waals surface area contributed by atoms with E-state index in [9.17, 15) is 9.59 Å². The van der Waals surface area contributed by atoms with Gasteiger partial charge in [0.2, 0.25) is 12.3 Å². The second kappa shape index (κ2) is 13.4. The molecule has 0 fully saturated rings. The third-order valence-corrected chi connectivity index (χ3v) is 6.69. The minimum atomic E-state index is -0.265. The fraction of sp³-hybridized carbons (Fsp3) is 0.321. The number of methoxy groups -OCH3 is 1. The molecule has 0 aliphatic rings. The van der Waals surface area contributed by atoms with Crippen LogP contribution in [0.15, 0.2) is 59.7 Å². The van der Waals surface area contributed by atoms with Gasteiger partial charge in [-0.3, -0.25) is 9.59 Å². The molecule has 3 aromatic carbocycles. The maximum absolute atomic E-state index is 12.4. The lowest BCUT2D eigenvalue weighted by molar-refractivity contribution is -0.123. The molecule has 0 saturated carbocycles. The molecule has 202 valence electrons. The van der Waals surface area contributed by atoms with Crippen LogP contribution in [0.5, 0.6) is 5.75 Å². The maximum Gasteiger partial charge on any atom is 0.237 e. The number of ether oxygens (including phenoxy) is 1. The summed E-state index contributed by atoms with van der Waals surface area (Å²) in [5, 5.41) is 11.5. The van der Waals surface area contributed by atoms with Crippen molar-refractivity contribution in [1.29, 1.82) is 0 Å². The van der Waals surface area contributed by atoms with Gasteiger partial charge in [0.25, 0.3) is 0 Å². The smallest absolute Gasteiger partial charge is 0.237 e. The minimum Gasteiger partial charge on any atom is -0.496 e. The number of rotatable bonds is 12. The predicted molar refractivity (Wildman–Crippen MR) is 152 cm³/mol. The number of carbonyl (C=O) groups is 2. The highest BCUT2D eigenvalue weighted by molar-refractivity contribution is 6.10. The van der Waals surface area contributed by atoms with Crippen LogP contribution in [0.2, 0.25) is 0 Å². The van der Waals surface area contributed by atoms with Crippen LogP contribution >= 0.6 is 0 Å². The molecule has 0 bridgehead atoms. The fourth-order valence-electron chi connectivity index (χ4n) is 4.44. The van der Waals surface area contributed by atoms with Crippen molar-refractivity contribution in [3.63, 3.8) is 0 Å². The van der Waals surface area contributed by atoms with Gasteiger partial charge < -0.3 is 31.5 Å². The number of nitrogens with zero attached hydrogens (tertiary/aromatic N) is 2. The monoisotopic (exact) mass is 519 g/mol. The Kier molecular flexibility index (Phi) is 10.0. The van der Waals surface area contributed by atoms with Crippen molar-refractivity contribution in [2.45, 2.75) is 45.3 Å². The van der Waals surface area contributed by atoms with Gasteiger partial charge in [0.05, 0.1) is 19.7 Å². The Bertz CT molecular complexity index is 1290. The summed E-state index contributed by atoms with van der Waals surface area (Å²) in [6.45, 7) is 4.08. The molecule has 0 aromatic heterocycles. The molecule has 10 heteroatoms. The van der Waals surface area contributed by atoms with Gasteiger partial charge in [0.15, 0.2) is 5.84 Å². The number of hydrazine groups is 1. The second-order valence-electron chi connectivity index (χ2n) is 9.09. The number of amidine groups is 1. The Morgan fingerprint density at radius 3 is 2.53 bits per heavy atom. The van der Waals surface area contributed by atoms with Crippen molar-refractivity contribution in [3.8, 4) is 5.75 Å². The first-order chi connectivity index (χ1) is 18.4. The minimum absolute atomic E-state index is 0.0258. The van der Waals surface area contributed by atoms with Gasteiger partial charge in [-0.1, -0.05) is 36.4 Å². The largest absolute Gasteiger partial charge is 0.496 e. The van der Waals surface area contributed by atoms with E-state index in [-0.39, 0.29) is 24.5 Å². The van der Waals surface area contributed by atoms with E-state index in [2.05, 4.69) is 21.2 Å². The van der Waals surface area contributed by atoms with Gasteiger partial charge in [0, 0.05) is 22.9 Å². The topological polar surface area (TPSA) is 147 Å². The van der Waals surface area contributed by atoms with E-state index in [4.69, 9.17) is 16.4 Å². The number of amides is 2. The number of nitrogens with two attached hydrogens (primary N) is 2. The molecule has 10 nitrogen and oxygen atoms in total. The Labute approximate surface area is 223 Å². The van der Waals surface area contributed by atoms with Crippen molar-refractivity contribution < 1.29 is 14.3 Å². The summed E-state index contributed by atoms with van der Waals surface area (Å²) in [6, 6.07) is 17.0. The van der Waals surface area contributed by atoms with Crippen molar-refractivity contribution in [2.75, 3.05) is 19.1 Å². The third-order valence-electron chi connectivity index (χ3n) is 6.69. The number of anilines is 1. The Balaban J connectivity index is 1.93. The average molecular weight is 520 g/mol. The molecule has 0 heterocycles. The first-order valence-corrected chi connectivity index (χ1v) is 12.5. The van der Waals surface area contributed by atoms with Gasteiger partial charge in [-0.2, -0.15) is 5.10 Å². The molecular weight excluding hydrogens is 482 g/mol. The molecule has 38 heavy (non-hydrogen) atoms. The zero-order valence-electron chi connectivity index (χ0n) is 22.3. The SMILES string of the molecule is CN[C@@H](C)C(=O)NC(C)CCc1ccccc1N(C=O)Cc1c(OC)ccc2c(/C(=N/N)NN)cccc12. The van der Waals surface area contributed by atoms with E-state index in [1.165, 1.54) is 0 Å². The zero-order valence-corrected chi connectivity index (χ0v) is 22.3. The molecule has 0 spiro atoms. The van der Waals surface area contributed by atoms with Crippen molar-refractivity contribution in [3.05, 3.63) is 71.3 Å². The number of benzene rings is 3. The number of aryl methyl sites for hydroxylation is 1. The summed E-state index contributed by atoms with van der Waals surface area (Å²) in [4.78, 5) is 26.3. The highest BCUT2D eigenvalue weighted by Gasteiger charge is 2.19. The van der Waals surface area contributed by atoms with Gasteiger partial charge in [0.1, 0.15) is 5.75 Å². The number of likely N-dealkylation sites (N-methyl/N-ethyl adjacent to an activating group) is 1. The van der Waals surface area contributed by atoms with E-state index in [1.54, 1.807) is 19.1 Å². The number of hydrogen-bond donors (Lipinski definition) is 5. The standard InChI is InChI=1S/C28H37N7O3/c1-18(32-28(37)19(2)31-3)12-13-20-8-5-6-11-25(20)35(17-36)16-24-21-9-7-10-23(27(33-29)34-30)22(21)14-15-26(24)38-4/h5-11,14-15,17-19,31H,12-13,16,29-30H2,1-4H3,(H,32,37)(H,33,34)/t18?,19-/m0/s1. The van der Waals surface area contributed by atoms with E-state index in [0.717, 1.165) is 46.0 Å². The van der Waals surface area contributed by atoms with E-state index in [0.29, 0.717) is 18.0 Å². The second-order valence-corrected chi connectivity index (χ2v) is 9.09. The summed E-state index contributed by atoms with van der Waals surface area (Å²) in [5.74, 6) is 12.1. The number of hydrazone groups is 1. The highest BCUT2D eigenvalue weighted by Crippen LogP contribution is 2.33. The van der Waals surface area contributed by atoms with E-state index < -0.39 is 0 Å². The first kappa shape index (κ1) is 28.4. The number of carbonyl (C=O) groups excluding carboxylic acids is 2. The molecule has 0 radical (unpaired) electrons. The van der Waals surface area contributed by atoms with E-state index >= 15 is 0 Å². The Morgan fingerprint density at radius 1 is 1.11 bits per heavy atom. The van der Waals surface area contributed by atoms with E-state index in [1.807, 2.05) is 68.4 Å². The molecule has 2 atom stereocenters. The molecule has 3 rings (SSSR count). The Hall–Kier alpha value is -4.15. The predicted octanol–water partition coefficient (Wildman–Crippen LogP) is 2.14. The van der Waals surface area contributed by atoms with Crippen LogP contribution in [0.1, 0.15) is 37.0 Å². The van der Waals surface area contributed by atoms with Crippen LogP contribution in [0.25, 0.3) is 10.8 Å². The summed E-state index contributed by atoms with van der Waals surface area (Å²) >= 11 is 0. The molecule has 2 amide bonds. The lowest BCUT2D eigenvalue weighted by Crippen LogP contribution is -2.44. The van der Waals surface area contributed by atoms with Crippen LogP contribution in [0.4, 0.5) is 5.69 Å². The number of fused-ring (bicyclic) bond motifs is 1. The third kappa shape index (κ3) is 6.39. The number of hydrogen-bond acceptors (Lipinski definition) is 7. The number of nitrogens with one attached hydrogen (secondary N) is 3. The molecule has 1 unspecified atom stereocenters. The van der Waals surface area contributed by atoms with Crippen molar-refractivity contribution in [2.24, 2.45) is 16.8 Å². The molecule has 0 aliphatic heterocycles. The summed E-state index contributed by atoms with van der Waals surface area (Å²) in [7, 11) is 3.36.